The van der Waals surface area contributed by atoms with Gasteiger partial charge in [-0.1, -0.05) is 18.0 Å². The van der Waals surface area contributed by atoms with E-state index in [0.29, 0.717) is 22.3 Å². The highest BCUT2D eigenvalue weighted by atomic mass is 35.5. The number of fused-ring (bicyclic) bond motifs is 2. The number of carbonyl (C=O) groups is 1. The molecule has 0 saturated heterocycles. The van der Waals surface area contributed by atoms with Gasteiger partial charge in [-0.25, -0.2) is 0 Å². The lowest BCUT2D eigenvalue weighted by molar-refractivity contribution is 0.0871. The summed E-state index contributed by atoms with van der Waals surface area (Å²) in [6, 6.07) is 5.29. The van der Waals surface area contributed by atoms with Crippen molar-refractivity contribution in [3.05, 3.63) is 28.8 Å². The highest BCUT2D eigenvalue weighted by Crippen LogP contribution is 2.49. The molecule has 0 aromatic heterocycles. The molecule has 0 spiro atoms. The lowest BCUT2D eigenvalue weighted by Gasteiger charge is -2.21. The van der Waals surface area contributed by atoms with Gasteiger partial charge in [0, 0.05) is 10.9 Å². The molecule has 2 bridgehead atoms. The molecule has 2 aliphatic rings. The van der Waals surface area contributed by atoms with Crippen LogP contribution in [0, 0.1) is 17.8 Å². The molecule has 3 atom stereocenters. The summed E-state index contributed by atoms with van der Waals surface area (Å²) in [6.45, 7) is 0. The van der Waals surface area contributed by atoms with Crippen LogP contribution >= 0.6 is 11.6 Å². The number of rotatable bonds is 3. The van der Waals surface area contributed by atoms with Crippen molar-refractivity contribution in [3.63, 3.8) is 0 Å². The van der Waals surface area contributed by atoms with E-state index in [1.54, 1.807) is 25.3 Å². The van der Waals surface area contributed by atoms with Gasteiger partial charge in [-0.3, -0.25) is 4.79 Å². The predicted molar refractivity (Wildman–Crippen MR) is 71.3 cm³/mol. The smallest absolute Gasteiger partial charge is 0.170 e. The zero-order chi connectivity index (χ0) is 12.7. The van der Waals surface area contributed by atoms with Gasteiger partial charge in [0.2, 0.25) is 0 Å². The first kappa shape index (κ1) is 12.0. The Kier molecular flexibility index (Phi) is 3.06. The number of Topliss-reactive ketones (excluding diaryl/α,β-unsaturated/α-hetero) is 1. The minimum absolute atomic E-state index is 0.191. The SMILES string of the molecule is COc1ccc(Cl)cc1C(=O)C1CC2CCC1C2. The first-order valence-corrected chi connectivity index (χ1v) is 6.94. The van der Waals surface area contributed by atoms with Gasteiger partial charge in [-0.2, -0.15) is 0 Å². The van der Waals surface area contributed by atoms with Crippen molar-refractivity contribution in [1.29, 1.82) is 0 Å². The van der Waals surface area contributed by atoms with E-state index in [9.17, 15) is 4.79 Å². The number of halogens is 1. The Morgan fingerprint density at radius 2 is 2.17 bits per heavy atom. The van der Waals surface area contributed by atoms with Crippen molar-refractivity contribution in [2.75, 3.05) is 7.11 Å². The molecule has 1 aromatic carbocycles. The summed E-state index contributed by atoms with van der Waals surface area (Å²) in [4.78, 5) is 12.6. The summed E-state index contributed by atoms with van der Waals surface area (Å²) in [5, 5.41) is 0.599. The van der Waals surface area contributed by atoms with E-state index >= 15 is 0 Å². The Morgan fingerprint density at radius 3 is 2.78 bits per heavy atom. The fourth-order valence-corrected chi connectivity index (χ4v) is 3.81. The number of hydrogen-bond donors (Lipinski definition) is 0. The largest absolute Gasteiger partial charge is 0.496 e. The Balaban J connectivity index is 1.90. The van der Waals surface area contributed by atoms with E-state index < -0.39 is 0 Å². The summed E-state index contributed by atoms with van der Waals surface area (Å²) in [6.07, 6.45) is 4.81. The van der Waals surface area contributed by atoms with E-state index in [-0.39, 0.29) is 11.7 Å². The van der Waals surface area contributed by atoms with Crippen LogP contribution in [0.4, 0.5) is 0 Å². The quantitative estimate of drug-likeness (QED) is 0.772. The number of methoxy groups -OCH3 is 1. The van der Waals surface area contributed by atoms with Crippen molar-refractivity contribution < 1.29 is 9.53 Å². The molecule has 3 unspecified atom stereocenters. The van der Waals surface area contributed by atoms with Crippen molar-refractivity contribution in [1.82, 2.24) is 0 Å². The molecule has 3 rings (SSSR count). The highest BCUT2D eigenvalue weighted by Gasteiger charge is 2.43. The van der Waals surface area contributed by atoms with Crippen LogP contribution in [0.1, 0.15) is 36.0 Å². The van der Waals surface area contributed by atoms with Crippen LogP contribution in [0.2, 0.25) is 5.02 Å². The zero-order valence-electron chi connectivity index (χ0n) is 10.5. The summed E-state index contributed by atoms with van der Waals surface area (Å²) in [5.74, 6) is 2.42. The lowest BCUT2D eigenvalue weighted by Crippen LogP contribution is -2.21. The first-order chi connectivity index (χ1) is 8.69. The molecule has 1 aromatic rings. The predicted octanol–water partition coefficient (Wildman–Crippen LogP) is 3.97. The zero-order valence-corrected chi connectivity index (χ0v) is 11.2. The van der Waals surface area contributed by atoms with Crippen molar-refractivity contribution in [3.8, 4) is 5.75 Å². The molecule has 96 valence electrons. The standard InChI is InChI=1S/C15H17ClO2/c1-18-14-5-4-11(16)8-13(14)15(17)12-7-9-2-3-10(12)6-9/h4-5,8-10,12H,2-3,6-7H2,1H3. The topological polar surface area (TPSA) is 26.3 Å². The van der Waals surface area contributed by atoms with Gasteiger partial charge in [-0.05, 0) is 49.3 Å². The van der Waals surface area contributed by atoms with Crippen molar-refractivity contribution >= 4 is 17.4 Å². The van der Waals surface area contributed by atoms with Crippen LogP contribution in [-0.4, -0.2) is 12.9 Å². The molecule has 0 amide bonds. The third kappa shape index (κ3) is 1.93. The van der Waals surface area contributed by atoms with E-state index in [4.69, 9.17) is 16.3 Å². The molecule has 0 heterocycles. The van der Waals surface area contributed by atoms with Gasteiger partial charge in [0.1, 0.15) is 5.75 Å². The normalized spacial score (nSPS) is 29.6. The summed E-state index contributed by atoms with van der Waals surface area (Å²) in [7, 11) is 1.60. The van der Waals surface area contributed by atoms with Crippen molar-refractivity contribution in [2.24, 2.45) is 17.8 Å². The molecule has 2 nitrogen and oxygen atoms in total. The average Bonchev–Trinajstić information content (AvgIpc) is 3.00. The summed E-state index contributed by atoms with van der Waals surface area (Å²) < 4.78 is 5.28. The maximum Gasteiger partial charge on any atom is 0.170 e. The van der Waals surface area contributed by atoms with Gasteiger partial charge in [0.05, 0.1) is 12.7 Å². The van der Waals surface area contributed by atoms with E-state index in [2.05, 4.69) is 0 Å². The van der Waals surface area contributed by atoms with Crippen molar-refractivity contribution in [2.45, 2.75) is 25.7 Å². The van der Waals surface area contributed by atoms with Gasteiger partial charge in [-0.15, -0.1) is 0 Å². The first-order valence-electron chi connectivity index (χ1n) is 6.57. The van der Waals surface area contributed by atoms with Crippen LogP contribution in [0.15, 0.2) is 18.2 Å². The molecule has 2 saturated carbocycles. The second-order valence-electron chi connectivity index (χ2n) is 5.49. The van der Waals surface area contributed by atoms with Gasteiger partial charge >= 0.3 is 0 Å². The molecule has 0 radical (unpaired) electrons. The van der Waals surface area contributed by atoms with Crippen LogP contribution in [0.25, 0.3) is 0 Å². The van der Waals surface area contributed by atoms with Gasteiger partial charge in [0.25, 0.3) is 0 Å². The van der Waals surface area contributed by atoms with Crippen LogP contribution in [-0.2, 0) is 0 Å². The molecule has 2 fully saturated rings. The van der Waals surface area contributed by atoms with E-state index in [1.165, 1.54) is 19.3 Å². The third-order valence-electron chi connectivity index (χ3n) is 4.50. The number of ether oxygens (including phenoxy) is 1. The number of hydrogen-bond acceptors (Lipinski definition) is 2. The van der Waals surface area contributed by atoms with Crippen LogP contribution in [0.3, 0.4) is 0 Å². The number of ketones is 1. The fourth-order valence-electron chi connectivity index (χ4n) is 3.64. The Bertz CT molecular complexity index is 483. The highest BCUT2D eigenvalue weighted by molar-refractivity contribution is 6.31. The van der Waals surface area contributed by atoms with Gasteiger partial charge in [0.15, 0.2) is 5.78 Å². The Morgan fingerprint density at radius 1 is 1.33 bits per heavy atom. The molecule has 18 heavy (non-hydrogen) atoms. The lowest BCUT2D eigenvalue weighted by atomic mass is 9.83. The van der Waals surface area contributed by atoms with E-state index in [1.807, 2.05) is 0 Å². The fraction of sp³-hybridized carbons (Fsp3) is 0.533. The minimum Gasteiger partial charge on any atom is -0.496 e. The molecular formula is C15H17ClO2. The monoisotopic (exact) mass is 264 g/mol. The number of benzene rings is 1. The maximum absolute atomic E-state index is 12.6. The van der Waals surface area contributed by atoms with Crippen LogP contribution < -0.4 is 4.74 Å². The molecule has 0 aliphatic heterocycles. The Hall–Kier alpha value is -1.02. The number of carbonyl (C=O) groups excluding carboxylic acids is 1. The maximum atomic E-state index is 12.6. The molecule has 3 heteroatoms. The second kappa shape index (κ2) is 4.58. The summed E-state index contributed by atoms with van der Waals surface area (Å²) >= 11 is 6.00. The molecule has 2 aliphatic carbocycles. The van der Waals surface area contributed by atoms with Gasteiger partial charge < -0.3 is 4.74 Å². The average molecular weight is 265 g/mol. The molecular weight excluding hydrogens is 248 g/mol. The molecule has 0 N–H and O–H groups in total. The third-order valence-corrected chi connectivity index (χ3v) is 4.74. The van der Waals surface area contributed by atoms with E-state index in [0.717, 1.165) is 12.3 Å². The second-order valence-corrected chi connectivity index (χ2v) is 5.93. The summed E-state index contributed by atoms with van der Waals surface area (Å²) in [5.41, 5.74) is 0.655. The Labute approximate surface area is 112 Å². The minimum atomic E-state index is 0.191. The van der Waals surface area contributed by atoms with Crippen LogP contribution in [0.5, 0.6) is 5.75 Å².